The highest BCUT2D eigenvalue weighted by atomic mass is 16.5. The minimum Gasteiger partial charge on any atom is -0.452 e. The van der Waals surface area contributed by atoms with E-state index in [0.717, 1.165) is 16.3 Å². The molecule has 0 unspecified atom stereocenters. The average Bonchev–Trinajstić information content (AvgIpc) is 2.81. The Morgan fingerprint density at radius 3 is 2.55 bits per heavy atom. The first kappa shape index (κ1) is 20.0. The summed E-state index contributed by atoms with van der Waals surface area (Å²) in [6.07, 6.45) is 0.197. The summed E-state index contributed by atoms with van der Waals surface area (Å²) in [6, 6.07) is 24.9. The van der Waals surface area contributed by atoms with Crippen LogP contribution in [-0.4, -0.2) is 30.0 Å². The Hall–Kier alpha value is -4.24. The van der Waals surface area contributed by atoms with Crippen molar-refractivity contribution < 1.29 is 14.3 Å². The number of benzene rings is 3. The Bertz CT molecular complexity index is 1320. The lowest BCUT2D eigenvalue weighted by atomic mass is 9.99. The van der Waals surface area contributed by atoms with Gasteiger partial charge in [-0.15, -0.1) is 0 Å². The summed E-state index contributed by atoms with van der Waals surface area (Å²) in [5.74, 6) is -1.05. The van der Waals surface area contributed by atoms with E-state index in [4.69, 9.17) is 15.0 Å². The van der Waals surface area contributed by atoms with Gasteiger partial charge in [-0.3, -0.25) is 4.79 Å². The third-order valence-corrected chi connectivity index (χ3v) is 4.90. The van der Waals surface area contributed by atoms with E-state index in [9.17, 15) is 9.59 Å². The first-order chi connectivity index (χ1) is 15.2. The summed E-state index contributed by atoms with van der Waals surface area (Å²) >= 11 is 0. The number of rotatable bonds is 6. The molecule has 1 aromatic heterocycles. The number of pyridine rings is 1. The molecule has 3 aromatic carbocycles. The van der Waals surface area contributed by atoms with Crippen molar-refractivity contribution in [3.63, 3.8) is 0 Å². The van der Waals surface area contributed by atoms with Crippen LogP contribution in [0.4, 0.5) is 0 Å². The monoisotopic (exact) mass is 409 g/mol. The number of hydrogen-bond acceptors (Lipinski definition) is 5. The second-order valence-corrected chi connectivity index (χ2v) is 6.93. The van der Waals surface area contributed by atoms with Crippen LogP contribution in [-0.2, 0) is 9.53 Å². The van der Waals surface area contributed by atoms with Crippen LogP contribution in [0.25, 0.3) is 32.9 Å². The summed E-state index contributed by atoms with van der Waals surface area (Å²) in [6.45, 7) is -0.194. The fourth-order valence-corrected chi connectivity index (χ4v) is 3.45. The lowest BCUT2D eigenvalue weighted by molar-refractivity contribution is -0.124. The van der Waals surface area contributed by atoms with Crippen LogP contribution < -0.4 is 5.32 Å². The first-order valence-corrected chi connectivity index (χ1v) is 9.86. The lowest BCUT2D eigenvalue weighted by Crippen LogP contribution is -2.29. The van der Waals surface area contributed by atoms with Crippen molar-refractivity contribution in [2.75, 3.05) is 13.2 Å². The van der Waals surface area contributed by atoms with Gasteiger partial charge in [0.1, 0.15) is 0 Å². The van der Waals surface area contributed by atoms with Crippen molar-refractivity contribution in [1.82, 2.24) is 10.3 Å². The molecule has 0 spiro atoms. The number of aromatic nitrogens is 1. The van der Waals surface area contributed by atoms with Gasteiger partial charge in [-0.05, 0) is 22.9 Å². The standard InChI is InChI=1S/C25H19N3O3/c26-13-6-14-27-24(29)16-31-25(30)21-15-23(28-22-12-4-3-10-20(21)22)19-11-5-8-17-7-1-2-9-18(17)19/h1-5,7-12,15H,6,14,16H2,(H,27,29). The molecule has 0 radical (unpaired) electrons. The minimum atomic E-state index is -0.601. The largest absolute Gasteiger partial charge is 0.452 e. The number of para-hydroxylation sites is 1. The molecular weight excluding hydrogens is 390 g/mol. The molecule has 4 rings (SSSR count). The zero-order valence-electron chi connectivity index (χ0n) is 16.7. The first-order valence-electron chi connectivity index (χ1n) is 9.86. The van der Waals surface area contributed by atoms with Crippen LogP contribution in [0, 0.1) is 11.3 Å². The summed E-state index contributed by atoms with van der Waals surface area (Å²) in [5, 5.41) is 13.8. The van der Waals surface area contributed by atoms with E-state index < -0.39 is 18.5 Å². The van der Waals surface area contributed by atoms with Gasteiger partial charge in [0.25, 0.3) is 5.91 Å². The number of amides is 1. The number of ether oxygens (including phenoxy) is 1. The number of hydrogen-bond donors (Lipinski definition) is 1. The molecule has 0 saturated carbocycles. The fraction of sp³-hybridized carbons (Fsp3) is 0.120. The maximum Gasteiger partial charge on any atom is 0.339 e. The van der Waals surface area contributed by atoms with Gasteiger partial charge < -0.3 is 10.1 Å². The van der Waals surface area contributed by atoms with E-state index in [-0.39, 0.29) is 13.0 Å². The van der Waals surface area contributed by atoms with E-state index in [0.29, 0.717) is 22.2 Å². The van der Waals surface area contributed by atoms with Crippen molar-refractivity contribution in [3.05, 3.63) is 78.4 Å². The zero-order valence-corrected chi connectivity index (χ0v) is 16.7. The number of carbonyl (C=O) groups is 2. The molecule has 0 atom stereocenters. The van der Waals surface area contributed by atoms with Crippen LogP contribution in [0.1, 0.15) is 16.8 Å². The second kappa shape index (κ2) is 9.06. The van der Waals surface area contributed by atoms with Gasteiger partial charge in [0.05, 0.1) is 29.3 Å². The van der Waals surface area contributed by atoms with Crippen LogP contribution >= 0.6 is 0 Å². The molecule has 6 nitrogen and oxygen atoms in total. The SMILES string of the molecule is N#CCCNC(=O)COC(=O)c1cc(-c2cccc3ccccc23)nc2ccccc12. The Balaban J connectivity index is 1.70. The van der Waals surface area contributed by atoms with Crippen molar-refractivity contribution >= 4 is 33.6 Å². The Kier molecular flexibility index (Phi) is 5.86. The summed E-state index contributed by atoms with van der Waals surface area (Å²) in [5.41, 5.74) is 2.57. The highest BCUT2D eigenvalue weighted by Crippen LogP contribution is 2.30. The molecule has 1 N–H and O–H groups in total. The van der Waals surface area contributed by atoms with E-state index in [1.807, 2.05) is 66.7 Å². The molecule has 4 aromatic rings. The van der Waals surface area contributed by atoms with Gasteiger partial charge in [-0.25, -0.2) is 9.78 Å². The number of nitrogens with one attached hydrogen (secondary N) is 1. The van der Waals surface area contributed by atoms with E-state index in [2.05, 4.69) is 5.32 Å². The fourth-order valence-electron chi connectivity index (χ4n) is 3.45. The maximum absolute atomic E-state index is 12.9. The number of fused-ring (bicyclic) bond motifs is 2. The Morgan fingerprint density at radius 1 is 0.968 bits per heavy atom. The predicted octanol–water partition coefficient (Wildman–Crippen LogP) is 4.24. The summed E-state index contributed by atoms with van der Waals surface area (Å²) in [4.78, 5) is 29.5. The van der Waals surface area contributed by atoms with Gasteiger partial charge >= 0.3 is 5.97 Å². The van der Waals surface area contributed by atoms with Crippen LogP contribution in [0.5, 0.6) is 0 Å². The second-order valence-electron chi connectivity index (χ2n) is 6.93. The van der Waals surface area contributed by atoms with Gasteiger partial charge in [0.15, 0.2) is 6.61 Å². The third kappa shape index (κ3) is 4.36. The quantitative estimate of drug-likeness (QED) is 0.380. The van der Waals surface area contributed by atoms with Crippen LogP contribution in [0.15, 0.2) is 72.8 Å². The molecule has 6 heteroatoms. The number of esters is 1. The van der Waals surface area contributed by atoms with Crippen LogP contribution in [0.2, 0.25) is 0 Å². The molecule has 0 aliphatic heterocycles. The molecule has 0 aliphatic rings. The average molecular weight is 409 g/mol. The zero-order chi connectivity index (χ0) is 21.6. The molecule has 0 fully saturated rings. The molecule has 0 aliphatic carbocycles. The van der Waals surface area contributed by atoms with E-state index in [1.54, 1.807) is 12.1 Å². The van der Waals surface area contributed by atoms with E-state index >= 15 is 0 Å². The van der Waals surface area contributed by atoms with Gasteiger partial charge in [-0.2, -0.15) is 5.26 Å². The van der Waals surface area contributed by atoms with Gasteiger partial charge in [0.2, 0.25) is 0 Å². The summed E-state index contributed by atoms with van der Waals surface area (Å²) in [7, 11) is 0. The van der Waals surface area contributed by atoms with Crippen molar-refractivity contribution in [1.29, 1.82) is 5.26 Å². The van der Waals surface area contributed by atoms with E-state index in [1.165, 1.54) is 0 Å². The number of nitriles is 1. The number of nitrogens with zero attached hydrogens (tertiary/aromatic N) is 2. The highest BCUT2D eigenvalue weighted by Gasteiger charge is 2.17. The Morgan fingerprint density at radius 2 is 1.71 bits per heavy atom. The lowest BCUT2D eigenvalue weighted by Gasteiger charge is -2.11. The van der Waals surface area contributed by atoms with Crippen molar-refractivity contribution in [2.24, 2.45) is 0 Å². The molecule has 1 amide bonds. The molecule has 152 valence electrons. The normalized spacial score (nSPS) is 10.5. The molecule has 1 heterocycles. The summed E-state index contributed by atoms with van der Waals surface area (Å²) < 4.78 is 5.25. The van der Waals surface area contributed by atoms with Gasteiger partial charge in [-0.1, -0.05) is 60.7 Å². The van der Waals surface area contributed by atoms with Crippen molar-refractivity contribution in [2.45, 2.75) is 6.42 Å². The number of carbonyl (C=O) groups excluding carboxylic acids is 2. The minimum absolute atomic E-state index is 0.197. The Labute approximate surface area is 179 Å². The highest BCUT2D eigenvalue weighted by molar-refractivity contribution is 6.06. The molecular formula is C25H19N3O3. The molecule has 31 heavy (non-hydrogen) atoms. The maximum atomic E-state index is 12.9. The smallest absolute Gasteiger partial charge is 0.339 e. The van der Waals surface area contributed by atoms with Crippen molar-refractivity contribution in [3.8, 4) is 17.3 Å². The molecule has 0 bridgehead atoms. The third-order valence-electron chi connectivity index (χ3n) is 4.90. The van der Waals surface area contributed by atoms with Gasteiger partial charge in [0, 0.05) is 17.5 Å². The topological polar surface area (TPSA) is 92.1 Å². The molecule has 0 saturated heterocycles. The predicted molar refractivity (Wildman–Crippen MR) is 118 cm³/mol. The van der Waals surface area contributed by atoms with Crippen LogP contribution in [0.3, 0.4) is 0 Å².